The van der Waals surface area contributed by atoms with E-state index in [1.165, 1.54) is 30.3 Å². The van der Waals surface area contributed by atoms with Crippen molar-refractivity contribution in [3.05, 3.63) is 122 Å². The summed E-state index contributed by atoms with van der Waals surface area (Å²) in [5.41, 5.74) is 2.53. The summed E-state index contributed by atoms with van der Waals surface area (Å²) in [6.45, 7) is 1.78. The molecule has 0 unspecified atom stereocenters. The minimum absolute atomic E-state index is 0.0308. The van der Waals surface area contributed by atoms with Crippen LogP contribution in [0.3, 0.4) is 0 Å². The van der Waals surface area contributed by atoms with Crippen molar-refractivity contribution in [3.63, 3.8) is 0 Å². The summed E-state index contributed by atoms with van der Waals surface area (Å²) in [5, 5.41) is 5.41. The van der Waals surface area contributed by atoms with Gasteiger partial charge in [0.15, 0.2) is 12.4 Å². The summed E-state index contributed by atoms with van der Waals surface area (Å²) in [6.07, 6.45) is 1.25. The van der Waals surface area contributed by atoms with Gasteiger partial charge in [0.1, 0.15) is 17.9 Å². The fraction of sp³-hybridized carbons (Fsp3) is 0.0909. The maximum absolute atomic E-state index is 13.4. The number of halogens is 3. The molecule has 0 spiro atoms. The number of benzene rings is 4. The lowest BCUT2D eigenvalue weighted by molar-refractivity contribution is -0.122. The second kappa shape index (κ2) is 13.9. The number of barbiturate groups is 1. The molecule has 1 fully saturated rings. The molecular formula is C33H24Cl3N3O6. The van der Waals surface area contributed by atoms with Crippen molar-refractivity contribution in [1.29, 1.82) is 0 Å². The standard InChI is InChI=1S/C33H24Cl3N3O6/c1-19-7-8-22(16-26(19)34)37-29(40)18-45-30-27(35)14-21(15-28(30)36)13-25-31(41)38-33(43)39(32(25)42)23-9-11-24(12-10-23)44-17-20-5-3-2-4-6-20/h2-16H,17-18H2,1H3,(H,37,40)(H,38,41,43)/b25-13-. The van der Waals surface area contributed by atoms with E-state index >= 15 is 0 Å². The topological polar surface area (TPSA) is 114 Å². The Kier molecular flexibility index (Phi) is 9.73. The van der Waals surface area contributed by atoms with Crippen molar-refractivity contribution in [2.24, 2.45) is 0 Å². The van der Waals surface area contributed by atoms with Crippen LogP contribution in [0.15, 0.2) is 90.5 Å². The third-order valence-electron chi connectivity index (χ3n) is 6.58. The zero-order chi connectivity index (χ0) is 32.1. The smallest absolute Gasteiger partial charge is 0.335 e. The third kappa shape index (κ3) is 7.64. The summed E-state index contributed by atoms with van der Waals surface area (Å²) >= 11 is 18.9. The van der Waals surface area contributed by atoms with Gasteiger partial charge in [0.2, 0.25) is 0 Å². The van der Waals surface area contributed by atoms with Crippen molar-refractivity contribution in [2.75, 3.05) is 16.8 Å². The molecule has 4 aromatic rings. The van der Waals surface area contributed by atoms with Gasteiger partial charge in [0.05, 0.1) is 15.7 Å². The maximum atomic E-state index is 13.4. The molecule has 1 heterocycles. The van der Waals surface area contributed by atoms with Crippen molar-refractivity contribution in [2.45, 2.75) is 13.5 Å². The highest BCUT2D eigenvalue weighted by atomic mass is 35.5. The average molecular weight is 665 g/mol. The second-order valence-corrected chi connectivity index (χ2v) is 11.1. The number of hydrogen-bond acceptors (Lipinski definition) is 6. The third-order valence-corrected chi connectivity index (χ3v) is 7.55. The molecule has 1 aliphatic heterocycles. The van der Waals surface area contributed by atoms with Crippen LogP contribution in [0.1, 0.15) is 16.7 Å². The first-order valence-electron chi connectivity index (χ1n) is 13.4. The van der Waals surface area contributed by atoms with Crippen molar-refractivity contribution < 1.29 is 28.7 Å². The lowest BCUT2D eigenvalue weighted by Crippen LogP contribution is -2.54. The van der Waals surface area contributed by atoms with Crippen LogP contribution in [0.4, 0.5) is 16.2 Å². The number of amides is 5. The lowest BCUT2D eigenvalue weighted by atomic mass is 10.1. The molecule has 0 saturated carbocycles. The summed E-state index contributed by atoms with van der Waals surface area (Å²) in [4.78, 5) is 51.9. The van der Waals surface area contributed by atoms with Gasteiger partial charge < -0.3 is 14.8 Å². The Morgan fingerprint density at radius 1 is 0.867 bits per heavy atom. The maximum Gasteiger partial charge on any atom is 0.335 e. The van der Waals surface area contributed by atoms with Gasteiger partial charge in [-0.2, -0.15) is 0 Å². The number of aryl methyl sites for hydroxylation is 1. The minimum atomic E-state index is -0.897. The number of imide groups is 2. The number of nitrogens with zero attached hydrogens (tertiary/aromatic N) is 1. The largest absolute Gasteiger partial charge is 0.489 e. The fourth-order valence-corrected chi connectivity index (χ4v) is 5.09. The molecule has 4 aromatic carbocycles. The summed E-state index contributed by atoms with van der Waals surface area (Å²) in [5.74, 6) is -1.64. The van der Waals surface area contributed by atoms with Crippen LogP contribution >= 0.6 is 34.8 Å². The SMILES string of the molecule is Cc1ccc(NC(=O)COc2c(Cl)cc(/C=C3/C(=O)NC(=O)N(c4ccc(OCc5ccccc5)cc4)C3=O)cc2Cl)cc1Cl. The number of hydrogen-bond donors (Lipinski definition) is 2. The number of urea groups is 1. The average Bonchev–Trinajstić information content (AvgIpc) is 3.00. The molecule has 1 saturated heterocycles. The molecule has 5 amide bonds. The number of ether oxygens (including phenoxy) is 2. The molecule has 0 atom stereocenters. The molecule has 0 aliphatic carbocycles. The highest BCUT2D eigenvalue weighted by molar-refractivity contribution is 6.40. The zero-order valence-electron chi connectivity index (χ0n) is 23.6. The Labute approximate surface area is 273 Å². The van der Waals surface area contributed by atoms with E-state index in [1.54, 1.807) is 30.3 Å². The van der Waals surface area contributed by atoms with Crippen LogP contribution in [0.5, 0.6) is 11.5 Å². The molecule has 0 aromatic heterocycles. The molecule has 1 aliphatic rings. The molecule has 45 heavy (non-hydrogen) atoms. The van der Waals surface area contributed by atoms with Gasteiger partial charge in [-0.1, -0.05) is 71.2 Å². The van der Waals surface area contributed by atoms with Crippen LogP contribution in [-0.2, 0) is 21.0 Å². The van der Waals surface area contributed by atoms with Crippen LogP contribution in [0, 0.1) is 6.92 Å². The minimum Gasteiger partial charge on any atom is -0.489 e. The van der Waals surface area contributed by atoms with E-state index in [0.29, 0.717) is 23.1 Å². The molecule has 228 valence electrons. The number of carbonyl (C=O) groups is 4. The molecule has 2 N–H and O–H groups in total. The van der Waals surface area contributed by atoms with Gasteiger partial charge in [-0.25, -0.2) is 9.69 Å². The van der Waals surface area contributed by atoms with Gasteiger partial charge >= 0.3 is 6.03 Å². The van der Waals surface area contributed by atoms with E-state index in [1.807, 2.05) is 37.3 Å². The highest BCUT2D eigenvalue weighted by Gasteiger charge is 2.37. The Morgan fingerprint density at radius 3 is 2.22 bits per heavy atom. The fourth-order valence-electron chi connectivity index (χ4n) is 4.30. The van der Waals surface area contributed by atoms with Crippen LogP contribution in [-0.4, -0.2) is 30.4 Å². The van der Waals surface area contributed by atoms with Crippen LogP contribution in [0.25, 0.3) is 6.08 Å². The van der Waals surface area contributed by atoms with Gasteiger partial charge in [0, 0.05) is 10.7 Å². The van der Waals surface area contributed by atoms with E-state index in [2.05, 4.69) is 10.6 Å². The summed E-state index contributed by atoms with van der Waals surface area (Å²) in [7, 11) is 0. The zero-order valence-corrected chi connectivity index (χ0v) is 25.9. The van der Waals surface area contributed by atoms with Gasteiger partial charge in [-0.15, -0.1) is 0 Å². The predicted octanol–water partition coefficient (Wildman–Crippen LogP) is 7.22. The van der Waals surface area contributed by atoms with Crippen LogP contribution in [0.2, 0.25) is 15.1 Å². The summed E-state index contributed by atoms with van der Waals surface area (Å²) < 4.78 is 11.3. The van der Waals surface area contributed by atoms with Gasteiger partial charge in [0.25, 0.3) is 17.7 Å². The van der Waals surface area contributed by atoms with E-state index < -0.39 is 30.4 Å². The summed E-state index contributed by atoms with van der Waals surface area (Å²) in [6, 6.07) is 22.9. The van der Waals surface area contributed by atoms with Crippen molar-refractivity contribution in [3.8, 4) is 11.5 Å². The number of rotatable bonds is 9. The molecule has 12 heteroatoms. The molecular weight excluding hydrogens is 641 g/mol. The van der Waals surface area contributed by atoms with Crippen LogP contribution < -0.4 is 25.0 Å². The Morgan fingerprint density at radius 2 is 1.56 bits per heavy atom. The Balaban J connectivity index is 1.27. The van der Waals surface area contributed by atoms with E-state index in [-0.39, 0.29) is 32.6 Å². The predicted molar refractivity (Wildman–Crippen MR) is 173 cm³/mol. The first-order valence-corrected chi connectivity index (χ1v) is 14.6. The number of anilines is 2. The van der Waals surface area contributed by atoms with Gasteiger partial charge in [-0.05, 0) is 78.2 Å². The number of carbonyl (C=O) groups excluding carboxylic acids is 4. The van der Waals surface area contributed by atoms with E-state index in [4.69, 9.17) is 44.3 Å². The lowest BCUT2D eigenvalue weighted by Gasteiger charge is -2.26. The highest BCUT2D eigenvalue weighted by Crippen LogP contribution is 2.35. The first kappa shape index (κ1) is 31.6. The van der Waals surface area contributed by atoms with Crippen molar-refractivity contribution in [1.82, 2.24) is 5.32 Å². The number of nitrogens with one attached hydrogen (secondary N) is 2. The quantitative estimate of drug-likeness (QED) is 0.144. The first-order chi connectivity index (χ1) is 21.6. The Bertz CT molecular complexity index is 1800. The second-order valence-electron chi connectivity index (χ2n) is 9.84. The molecule has 0 radical (unpaired) electrons. The van der Waals surface area contributed by atoms with E-state index in [9.17, 15) is 19.2 Å². The van der Waals surface area contributed by atoms with Gasteiger partial charge in [-0.3, -0.25) is 19.7 Å². The molecule has 0 bridgehead atoms. The van der Waals surface area contributed by atoms with Crippen molar-refractivity contribution >= 4 is 76.0 Å². The van der Waals surface area contributed by atoms with E-state index in [0.717, 1.165) is 16.0 Å². The molecule has 9 nitrogen and oxygen atoms in total. The monoisotopic (exact) mass is 663 g/mol. The normalized spacial score (nSPS) is 13.9. The molecule has 5 rings (SSSR count). The Hall–Kier alpha value is -4.83.